The molecule has 0 bridgehead atoms. The van der Waals surface area contributed by atoms with Gasteiger partial charge in [0.1, 0.15) is 11.6 Å². The molecule has 3 nitrogen and oxygen atoms in total. The van der Waals surface area contributed by atoms with E-state index in [1.165, 1.54) is 22.5 Å². The standard InChI is InChI=1S/C20H20F2N2O/c1-2-24-13-14(16-7-3-4-8-19(16)24)6-5-9-20(25)23-18-11-10-15(21)12-17(18)22/h3-4,7-8,10-13H,2,5-6,9H2,1H3,(H,23,25). The van der Waals surface area contributed by atoms with Crippen LogP contribution in [0.25, 0.3) is 10.9 Å². The predicted octanol–water partition coefficient (Wildman–Crippen LogP) is 4.90. The third-order valence-electron chi connectivity index (χ3n) is 4.27. The van der Waals surface area contributed by atoms with Gasteiger partial charge in [-0.05, 0) is 43.5 Å². The summed E-state index contributed by atoms with van der Waals surface area (Å²) >= 11 is 0. The highest BCUT2D eigenvalue weighted by Crippen LogP contribution is 2.23. The Labute approximate surface area is 145 Å². The van der Waals surface area contributed by atoms with Crippen LogP contribution in [-0.4, -0.2) is 10.5 Å². The number of nitrogens with zero attached hydrogens (tertiary/aromatic N) is 1. The van der Waals surface area contributed by atoms with Crippen LogP contribution in [0.15, 0.2) is 48.7 Å². The first-order chi connectivity index (χ1) is 12.1. The van der Waals surface area contributed by atoms with Crippen LogP contribution in [0.3, 0.4) is 0 Å². The van der Waals surface area contributed by atoms with E-state index in [2.05, 4.69) is 35.1 Å². The van der Waals surface area contributed by atoms with Gasteiger partial charge in [-0.1, -0.05) is 18.2 Å². The third-order valence-corrected chi connectivity index (χ3v) is 4.27. The van der Waals surface area contributed by atoms with Gasteiger partial charge in [0.25, 0.3) is 0 Å². The molecule has 130 valence electrons. The van der Waals surface area contributed by atoms with E-state index in [-0.39, 0.29) is 18.0 Å². The largest absolute Gasteiger partial charge is 0.347 e. The summed E-state index contributed by atoms with van der Waals surface area (Å²) in [5.74, 6) is -1.70. The van der Waals surface area contributed by atoms with Gasteiger partial charge in [0, 0.05) is 36.1 Å². The van der Waals surface area contributed by atoms with E-state index in [1.54, 1.807) is 0 Å². The summed E-state index contributed by atoms with van der Waals surface area (Å²) in [4.78, 5) is 12.0. The van der Waals surface area contributed by atoms with Gasteiger partial charge >= 0.3 is 0 Å². The molecule has 0 unspecified atom stereocenters. The Morgan fingerprint density at radius 3 is 2.72 bits per heavy atom. The number of nitrogens with one attached hydrogen (secondary N) is 1. The highest BCUT2D eigenvalue weighted by Gasteiger charge is 2.10. The van der Waals surface area contributed by atoms with Crippen LogP contribution in [0.2, 0.25) is 0 Å². The van der Waals surface area contributed by atoms with E-state index in [9.17, 15) is 13.6 Å². The second kappa shape index (κ2) is 7.47. The molecule has 0 fully saturated rings. The summed E-state index contributed by atoms with van der Waals surface area (Å²) in [6.07, 6.45) is 3.84. The Morgan fingerprint density at radius 2 is 1.96 bits per heavy atom. The Balaban J connectivity index is 1.60. The minimum atomic E-state index is -0.764. The van der Waals surface area contributed by atoms with Crippen molar-refractivity contribution in [3.63, 3.8) is 0 Å². The number of aromatic nitrogens is 1. The number of fused-ring (bicyclic) bond motifs is 1. The number of carbonyl (C=O) groups excluding carboxylic acids is 1. The predicted molar refractivity (Wildman–Crippen MR) is 95.5 cm³/mol. The fourth-order valence-electron chi connectivity index (χ4n) is 3.03. The van der Waals surface area contributed by atoms with Gasteiger partial charge in [0.15, 0.2) is 0 Å². The molecule has 1 aromatic heterocycles. The summed E-state index contributed by atoms with van der Waals surface area (Å²) in [7, 11) is 0. The summed E-state index contributed by atoms with van der Waals surface area (Å²) in [6, 6.07) is 11.3. The average Bonchev–Trinajstić information content (AvgIpc) is 2.96. The van der Waals surface area contributed by atoms with E-state index in [0.29, 0.717) is 6.42 Å². The molecule has 1 N–H and O–H groups in total. The van der Waals surface area contributed by atoms with Crippen molar-refractivity contribution in [3.05, 3.63) is 65.9 Å². The number of anilines is 1. The molecule has 25 heavy (non-hydrogen) atoms. The van der Waals surface area contributed by atoms with Crippen LogP contribution in [0.5, 0.6) is 0 Å². The maximum atomic E-state index is 13.6. The van der Waals surface area contributed by atoms with Crippen LogP contribution >= 0.6 is 0 Å². The highest BCUT2D eigenvalue weighted by atomic mass is 19.1. The lowest BCUT2D eigenvalue weighted by Gasteiger charge is -2.06. The second-order valence-electron chi connectivity index (χ2n) is 5.98. The topological polar surface area (TPSA) is 34.0 Å². The molecular weight excluding hydrogens is 322 g/mol. The molecule has 0 aliphatic carbocycles. The number of rotatable bonds is 6. The molecule has 0 aliphatic rings. The lowest BCUT2D eigenvalue weighted by Crippen LogP contribution is -2.12. The maximum absolute atomic E-state index is 13.6. The molecule has 1 heterocycles. The van der Waals surface area contributed by atoms with Gasteiger partial charge in [-0.25, -0.2) is 8.78 Å². The molecule has 0 saturated heterocycles. The minimum Gasteiger partial charge on any atom is -0.347 e. The van der Waals surface area contributed by atoms with Gasteiger partial charge in [-0.3, -0.25) is 4.79 Å². The van der Waals surface area contributed by atoms with E-state index >= 15 is 0 Å². The molecule has 3 rings (SSSR count). The number of amides is 1. The fourth-order valence-corrected chi connectivity index (χ4v) is 3.03. The van der Waals surface area contributed by atoms with Gasteiger partial charge in [-0.2, -0.15) is 0 Å². The molecular formula is C20H20F2N2O. The number of benzene rings is 2. The smallest absolute Gasteiger partial charge is 0.224 e. The molecule has 0 atom stereocenters. The monoisotopic (exact) mass is 342 g/mol. The first-order valence-electron chi connectivity index (χ1n) is 8.40. The van der Waals surface area contributed by atoms with Crippen LogP contribution in [0.4, 0.5) is 14.5 Å². The van der Waals surface area contributed by atoms with E-state index in [1.807, 2.05) is 12.1 Å². The molecule has 2 aromatic carbocycles. The molecule has 0 spiro atoms. The maximum Gasteiger partial charge on any atom is 0.224 e. The van der Waals surface area contributed by atoms with Crippen molar-refractivity contribution in [1.82, 2.24) is 4.57 Å². The number of halogens is 2. The zero-order valence-electron chi connectivity index (χ0n) is 14.1. The summed E-state index contributed by atoms with van der Waals surface area (Å²) in [5.41, 5.74) is 2.41. The van der Waals surface area contributed by atoms with Crippen molar-refractivity contribution in [3.8, 4) is 0 Å². The van der Waals surface area contributed by atoms with Crippen molar-refractivity contribution < 1.29 is 13.6 Å². The quantitative estimate of drug-likeness (QED) is 0.679. The van der Waals surface area contributed by atoms with Crippen molar-refractivity contribution in [2.24, 2.45) is 0 Å². The van der Waals surface area contributed by atoms with Gasteiger partial charge in [0.2, 0.25) is 5.91 Å². The Bertz CT molecular complexity index is 902. The Morgan fingerprint density at radius 1 is 1.16 bits per heavy atom. The molecule has 0 saturated carbocycles. The van der Waals surface area contributed by atoms with Gasteiger partial charge in [-0.15, -0.1) is 0 Å². The van der Waals surface area contributed by atoms with Gasteiger partial charge < -0.3 is 9.88 Å². The summed E-state index contributed by atoms with van der Waals surface area (Å²) in [6.45, 7) is 2.99. The summed E-state index contributed by atoms with van der Waals surface area (Å²) in [5, 5.41) is 3.69. The summed E-state index contributed by atoms with van der Waals surface area (Å²) < 4.78 is 28.6. The van der Waals surface area contributed by atoms with Crippen molar-refractivity contribution in [1.29, 1.82) is 0 Å². The second-order valence-corrected chi connectivity index (χ2v) is 5.98. The lowest BCUT2D eigenvalue weighted by atomic mass is 10.1. The van der Waals surface area contributed by atoms with Gasteiger partial charge in [0.05, 0.1) is 5.69 Å². The molecule has 3 aromatic rings. The number of carbonyl (C=O) groups is 1. The van der Waals surface area contributed by atoms with E-state index in [0.717, 1.165) is 25.1 Å². The normalized spacial score (nSPS) is 11.0. The Kier molecular flexibility index (Phi) is 5.12. The number of aryl methyl sites for hydroxylation is 2. The first kappa shape index (κ1) is 17.1. The number of hydrogen-bond donors (Lipinski definition) is 1. The SMILES string of the molecule is CCn1cc(CCCC(=O)Nc2ccc(F)cc2F)c2ccccc21. The zero-order valence-corrected chi connectivity index (χ0v) is 14.1. The highest BCUT2D eigenvalue weighted by molar-refractivity contribution is 5.91. The first-order valence-corrected chi connectivity index (χ1v) is 8.40. The van der Waals surface area contributed by atoms with Crippen LogP contribution in [0.1, 0.15) is 25.3 Å². The lowest BCUT2D eigenvalue weighted by molar-refractivity contribution is -0.116. The number of para-hydroxylation sites is 1. The molecule has 0 radical (unpaired) electrons. The third kappa shape index (κ3) is 3.87. The van der Waals surface area contributed by atoms with Crippen LogP contribution in [0, 0.1) is 11.6 Å². The zero-order chi connectivity index (χ0) is 17.8. The van der Waals surface area contributed by atoms with Crippen molar-refractivity contribution in [2.45, 2.75) is 32.7 Å². The molecule has 1 amide bonds. The minimum absolute atomic E-state index is 0.00832. The molecule has 5 heteroatoms. The van der Waals surface area contributed by atoms with E-state index < -0.39 is 11.6 Å². The van der Waals surface area contributed by atoms with Crippen molar-refractivity contribution in [2.75, 3.05) is 5.32 Å². The van der Waals surface area contributed by atoms with E-state index in [4.69, 9.17) is 0 Å². The van der Waals surface area contributed by atoms with Crippen LogP contribution < -0.4 is 5.32 Å². The fraction of sp³-hybridized carbons (Fsp3) is 0.250. The average molecular weight is 342 g/mol. The van der Waals surface area contributed by atoms with Crippen LogP contribution in [-0.2, 0) is 17.8 Å². The molecule has 0 aliphatic heterocycles. The number of hydrogen-bond acceptors (Lipinski definition) is 1. The Hall–Kier alpha value is -2.69. The van der Waals surface area contributed by atoms with Crippen molar-refractivity contribution >= 4 is 22.5 Å².